The lowest BCUT2D eigenvalue weighted by Gasteiger charge is -2.18. The van der Waals surface area contributed by atoms with Crippen LogP contribution in [0.15, 0.2) is 36.4 Å². The summed E-state index contributed by atoms with van der Waals surface area (Å²) >= 11 is 0. The molecule has 0 bridgehead atoms. The van der Waals surface area contributed by atoms with Crippen LogP contribution < -0.4 is 0 Å². The fourth-order valence-corrected chi connectivity index (χ4v) is 2.89. The van der Waals surface area contributed by atoms with E-state index in [4.69, 9.17) is 10.8 Å². The van der Waals surface area contributed by atoms with E-state index in [0.29, 0.717) is 23.1 Å². The number of rotatable bonds is 7. The monoisotopic (exact) mass is 353 g/mol. The minimum absolute atomic E-state index is 0.0236. The summed E-state index contributed by atoms with van der Waals surface area (Å²) in [7, 11) is 1.57. The van der Waals surface area contributed by atoms with Crippen molar-refractivity contribution in [3.63, 3.8) is 0 Å². The number of Topliss-reactive ketones (excluding diaryl/α,β-unsaturated/α-hetero) is 1. The van der Waals surface area contributed by atoms with Crippen LogP contribution in [-0.2, 0) is 6.42 Å². The fourth-order valence-electron chi connectivity index (χ4n) is 2.89. The quantitative estimate of drug-likeness (QED) is 0.422. The molecule has 0 aromatic heterocycles. The van der Waals surface area contributed by atoms with Gasteiger partial charge in [-0.25, -0.2) is 4.39 Å². The Morgan fingerprint density at radius 3 is 2.50 bits per heavy atom. The van der Waals surface area contributed by atoms with E-state index >= 15 is 0 Å². The smallest absolute Gasteiger partial charge is 0.163 e. The zero-order valence-corrected chi connectivity index (χ0v) is 15.4. The fraction of sp³-hybridized carbons (Fsp3) is 0.286. The summed E-state index contributed by atoms with van der Waals surface area (Å²) in [5.41, 5.74) is 3.49. The molecular formula is C21H24FN3O. The third kappa shape index (κ3) is 4.04. The number of hydrogen-bond donors (Lipinski definition) is 2. The molecule has 0 aliphatic heterocycles. The van der Waals surface area contributed by atoms with Gasteiger partial charge in [0, 0.05) is 24.6 Å². The zero-order chi connectivity index (χ0) is 19.3. The van der Waals surface area contributed by atoms with Crippen LogP contribution in [0.4, 0.5) is 4.39 Å². The van der Waals surface area contributed by atoms with E-state index < -0.39 is 5.82 Å². The summed E-state index contributed by atoms with van der Waals surface area (Å²) in [6.45, 7) is 3.98. The number of carbonyl (C=O) groups is 1. The van der Waals surface area contributed by atoms with Crippen LogP contribution in [0.2, 0.25) is 0 Å². The van der Waals surface area contributed by atoms with Gasteiger partial charge in [0.25, 0.3) is 0 Å². The highest BCUT2D eigenvalue weighted by atomic mass is 19.1. The first-order valence-electron chi connectivity index (χ1n) is 8.71. The Labute approximate surface area is 153 Å². The van der Waals surface area contributed by atoms with Gasteiger partial charge in [0.1, 0.15) is 11.7 Å². The van der Waals surface area contributed by atoms with Crippen LogP contribution in [0.25, 0.3) is 11.1 Å². The van der Waals surface area contributed by atoms with Crippen molar-refractivity contribution in [3.05, 3.63) is 58.9 Å². The van der Waals surface area contributed by atoms with E-state index in [9.17, 15) is 9.18 Å². The summed E-state index contributed by atoms with van der Waals surface area (Å²) in [6.07, 6.45) is 3.03. The number of carbonyl (C=O) groups excluding carboxylic acids is 1. The lowest BCUT2D eigenvalue weighted by atomic mass is 9.92. The summed E-state index contributed by atoms with van der Waals surface area (Å²) in [5, 5.41) is 15.6. The molecule has 26 heavy (non-hydrogen) atoms. The minimum atomic E-state index is -0.445. The molecule has 0 unspecified atom stereocenters. The molecule has 0 aliphatic rings. The Bertz CT molecular complexity index is 845. The Balaban J connectivity index is 2.61. The maximum Gasteiger partial charge on any atom is 0.163 e. The number of halogens is 1. The maximum absolute atomic E-state index is 13.8. The third-order valence-electron chi connectivity index (χ3n) is 4.36. The van der Waals surface area contributed by atoms with E-state index in [1.54, 1.807) is 13.1 Å². The van der Waals surface area contributed by atoms with Gasteiger partial charge in [-0.1, -0.05) is 32.0 Å². The molecule has 0 aliphatic carbocycles. The van der Waals surface area contributed by atoms with Gasteiger partial charge in [-0.15, -0.1) is 0 Å². The average molecular weight is 353 g/mol. The second-order valence-electron chi connectivity index (χ2n) is 6.18. The molecule has 2 N–H and O–H groups in total. The predicted molar refractivity (Wildman–Crippen MR) is 104 cm³/mol. The Morgan fingerprint density at radius 1 is 1.15 bits per heavy atom. The van der Waals surface area contributed by atoms with Gasteiger partial charge >= 0.3 is 0 Å². The van der Waals surface area contributed by atoms with Gasteiger partial charge in [0.2, 0.25) is 0 Å². The minimum Gasteiger partial charge on any atom is -0.321 e. The predicted octanol–water partition coefficient (Wildman–Crippen LogP) is 4.90. The summed E-state index contributed by atoms with van der Waals surface area (Å²) in [5.74, 6) is -0.323. The molecule has 2 aromatic carbocycles. The Hall–Kier alpha value is -2.82. The number of ketones is 1. The first-order valence-corrected chi connectivity index (χ1v) is 8.71. The van der Waals surface area contributed by atoms with Crippen LogP contribution in [0.3, 0.4) is 0 Å². The highest BCUT2D eigenvalue weighted by molar-refractivity contribution is 6.07. The van der Waals surface area contributed by atoms with E-state index in [1.807, 2.05) is 32.0 Å². The van der Waals surface area contributed by atoms with Gasteiger partial charge in [0.05, 0.1) is 6.34 Å². The van der Waals surface area contributed by atoms with Crippen molar-refractivity contribution in [1.82, 2.24) is 4.90 Å². The Kier molecular flexibility index (Phi) is 6.39. The molecule has 0 saturated carbocycles. The van der Waals surface area contributed by atoms with E-state index in [2.05, 4.69) is 0 Å². The molecule has 0 spiro atoms. The molecule has 0 heterocycles. The standard InChI is InChI=1S/C21H24FN3O/c1-4-6-20(26)18-11-15(8-7-14(18)5-2)17-10-9-16(22)12-19(17)21(24)25(3)13-23/h7-13,23-24H,4-6H2,1-3H3. The second-order valence-corrected chi connectivity index (χ2v) is 6.18. The summed E-state index contributed by atoms with van der Waals surface area (Å²) < 4.78 is 13.8. The average Bonchev–Trinajstić information content (AvgIpc) is 2.66. The highest BCUT2D eigenvalue weighted by Gasteiger charge is 2.16. The van der Waals surface area contributed by atoms with E-state index in [-0.39, 0.29) is 11.6 Å². The molecule has 2 rings (SSSR count). The zero-order valence-electron chi connectivity index (χ0n) is 15.4. The van der Waals surface area contributed by atoms with Crippen molar-refractivity contribution in [2.24, 2.45) is 0 Å². The number of hydrogen-bond acceptors (Lipinski definition) is 3. The normalized spacial score (nSPS) is 10.5. The highest BCUT2D eigenvalue weighted by Crippen LogP contribution is 2.28. The van der Waals surface area contributed by atoms with E-state index in [0.717, 1.165) is 30.3 Å². The van der Waals surface area contributed by atoms with Gasteiger partial charge in [-0.05, 0) is 47.7 Å². The first kappa shape index (κ1) is 19.5. The van der Waals surface area contributed by atoms with Crippen molar-refractivity contribution < 1.29 is 9.18 Å². The molecule has 0 saturated heterocycles. The number of aryl methyl sites for hydroxylation is 1. The molecule has 4 nitrogen and oxygen atoms in total. The first-order chi connectivity index (χ1) is 12.4. The molecule has 5 heteroatoms. The number of amidine groups is 1. The lowest BCUT2D eigenvalue weighted by molar-refractivity contribution is 0.0981. The maximum atomic E-state index is 13.8. The SMILES string of the molecule is CCCC(=O)c1cc(-c2ccc(F)cc2C(=N)N(C)C=N)ccc1CC. The van der Waals surface area contributed by atoms with Crippen molar-refractivity contribution in [1.29, 1.82) is 10.8 Å². The molecule has 0 radical (unpaired) electrons. The lowest BCUT2D eigenvalue weighted by Crippen LogP contribution is -2.25. The molecule has 136 valence electrons. The van der Waals surface area contributed by atoms with Crippen LogP contribution in [0.1, 0.15) is 48.2 Å². The van der Waals surface area contributed by atoms with Crippen LogP contribution in [0.5, 0.6) is 0 Å². The molecule has 0 fully saturated rings. The van der Waals surface area contributed by atoms with E-state index in [1.165, 1.54) is 17.0 Å². The van der Waals surface area contributed by atoms with Crippen molar-refractivity contribution in [2.75, 3.05) is 7.05 Å². The topological polar surface area (TPSA) is 68.0 Å². The Morgan fingerprint density at radius 2 is 1.88 bits per heavy atom. The van der Waals surface area contributed by atoms with Crippen molar-refractivity contribution in [3.8, 4) is 11.1 Å². The molecule has 2 aromatic rings. The molecule has 0 amide bonds. The van der Waals surface area contributed by atoms with Crippen LogP contribution >= 0.6 is 0 Å². The number of nitrogens with zero attached hydrogens (tertiary/aromatic N) is 1. The number of benzene rings is 2. The molecule has 0 atom stereocenters. The van der Waals surface area contributed by atoms with Gasteiger partial charge in [0.15, 0.2) is 5.78 Å². The van der Waals surface area contributed by atoms with Gasteiger partial charge < -0.3 is 4.90 Å². The number of nitrogens with one attached hydrogen (secondary N) is 2. The van der Waals surface area contributed by atoms with Crippen LogP contribution in [0, 0.1) is 16.6 Å². The van der Waals surface area contributed by atoms with Gasteiger partial charge in [-0.2, -0.15) is 0 Å². The van der Waals surface area contributed by atoms with Gasteiger partial charge in [-0.3, -0.25) is 15.6 Å². The summed E-state index contributed by atoms with van der Waals surface area (Å²) in [6, 6.07) is 9.92. The largest absolute Gasteiger partial charge is 0.321 e. The van der Waals surface area contributed by atoms with Crippen molar-refractivity contribution in [2.45, 2.75) is 33.1 Å². The second kappa shape index (κ2) is 8.52. The third-order valence-corrected chi connectivity index (χ3v) is 4.36. The van der Waals surface area contributed by atoms with Crippen molar-refractivity contribution >= 4 is 18.0 Å². The summed E-state index contributed by atoms with van der Waals surface area (Å²) in [4.78, 5) is 13.8. The molecular weight excluding hydrogens is 329 g/mol. The van der Waals surface area contributed by atoms with Crippen LogP contribution in [-0.4, -0.2) is 29.9 Å².